The SMILES string of the molecule is CC(C)(C)OC(=O)[C@H](NC(=O)[C@@H]1CC[C@@H]2CN1C(=O)N2OCc1ccccc1)c1ccccc1. The van der Waals surface area contributed by atoms with Crippen molar-refractivity contribution < 1.29 is 24.0 Å². The van der Waals surface area contributed by atoms with Gasteiger partial charge >= 0.3 is 12.0 Å². The Bertz CT molecular complexity index is 1020. The van der Waals surface area contributed by atoms with Gasteiger partial charge in [0.2, 0.25) is 5.91 Å². The van der Waals surface area contributed by atoms with E-state index < -0.39 is 23.7 Å². The molecule has 0 unspecified atom stereocenters. The maximum absolute atomic E-state index is 13.3. The summed E-state index contributed by atoms with van der Waals surface area (Å²) in [5.41, 5.74) is 0.887. The van der Waals surface area contributed by atoms with Crippen LogP contribution >= 0.6 is 0 Å². The fraction of sp³-hybridized carbons (Fsp3) is 0.423. The number of nitrogens with one attached hydrogen (secondary N) is 1. The molecular weight excluding hydrogens is 434 g/mol. The lowest BCUT2D eigenvalue weighted by Crippen LogP contribution is -2.51. The molecule has 2 aromatic rings. The van der Waals surface area contributed by atoms with E-state index in [2.05, 4.69) is 5.32 Å². The molecule has 180 valence electrons. The molecule has 2 aliphatic heterocycles. The van der Waals surface area contributed by atoms with Crippen molar-refractivity contribution in [3.8, 4) is 0 Å². The van der Waals surface area contributed by atoms with E-state index in [1.54, 1.807) is 45.0 Å². The van der Waals surface area contributed by atoms with E-state index in [-0.39, 0.29) is 24.6 Å². The Balaban J connectivity index is 1.45. The van der Waals surface area contributed by atoms with Crippen molar-refractivity contribution in [1.29, 1.82) is 0 Å². The number of hydrogen-bond donors (Lipinski definition) is 1. The molecule has 0 spiro atoms. The molecule has 2 aromatic carbocycles. The van der Waals surface area contributed by atoms with E-state index in [4.69, 9.17) is 9.57 Å². The van der Waals surface area contributed by atoms with Crippen molar-refractivity contribution in [3.63, 3.8) is 0 Å². The predicted molar refractivity (Wildman–Crippen MR) is 125 cm³/mol. The number of fused-ring (bicyclic) bond motifs is 2. The van der Waals surface area contributed by atoms with Gasteiger partial charge in [0.15, 0.2) is 6.04 Å². The number of carbonyl (C=O) groups is 3. The normalized spacial score (nSPS) is 20.7. The Kier molecular flexibility index (Phi) is 6.88. The summed E-state index contributed by atoms with van der Waals surface area (Å²) in [5, 5.41) is 4.23. The lowest BCUT2D eigenvalue weighted by Gasteiger charge is -2.31. The maximum Gasteiger partial charge on any atom is 0.345 e. The summed E-state index contributed by atoms with van der Waals surface area (Å²) >= 11 is 0. The van der Waals surface area contributed by atoms with Gasteiger partial charge in [-0.25, -0.2) is 9.59 Å². The summed E-state index contributed by atoms with van der Waals surface area (Å²) in [7, 11) is 0. The Morgan fingerprint density at radius 2 is 1.68 bits per heavy atom. The third-order valence-corrected chi connectivity index (χ3v) is 5.90. The van der Waals surface area contributed by atoms with Gasteiger partial charge in [0, 0.05) is 6.54 Å². The number of amides is 3. The van der Waals surface area contributed by atoms with Gasteiger partial charge in [-0.3, -0.25) is 9.63 Å². The molecule has 8 nitrogen and oxygen atoms in total. The van der Waals surface area contributed by atoms with Gasteiger partial charge in [-0.1, -0.05) is 60.7 Å². The first kappa shape index (κ1) is 23.8. The highest BCUT2D eigenvalue weighted by Gasteiger charge is 2.48. The minimum absolute atomic E-state index is 0.101. The number of piperidine rings is 1. The number of esters is 1. The van der Waals surface area contributed by atoms with Gasteiger partial charge in [-0.15, -0.1) is 0 Å². The molecule has 2 fully saturated rings. The summed E-state index contributed by atoms with van der Waals surface area (Å²) < 4.78 is 5.55. The molecule has 34 heavy (non-hydrogen) atoms. The number of rotatable bonds is 7. The second-order valence-corrected chi connectivity index (χ2v) is 9.65. The highest BCUT2D eigenvalue weighted by Crippen LogP contribution is 2.31. The largest absolute Gasteiger partial charge is 0.458 e. The average molecular weight is 466 g/mol. The van der Waals surface area contributed by atoms with Crippen molar-refractivity contribution in [2.75, 3.05) is 6.54 Å². The molecule has 3 atom stereocenters. The molecule has 2 saturated heterocycles. The molecule has 4 rings (SSSR count). The molecule has 0 aromatic heterocycles. The Morgan fingerprint density at radius 1 is 1.03 bits per heavy atom. The topological polar surface area (TPSA) is 88.2 Å². The molecule has 3 amide bonds. The number of ether oxygens (including phenoxy) is 1. The van der Waals surface area contributed by atoms with Crippen LogP contribution in [0.4, 0.5) is 4.79 Å². The zero-order chi connectivity index (χ0) is 24.3. The monoisotopic (exact) mass is 465 g/mol. The number of hydroxylamine groups is 2. The third-order valence-electron chi connectivity index (χ3n) is 5.90. The summed E-state index contributed by atoms with van der Waals surface area (Å²) in [4.78, 5) is 46.6. The lowest BCUT2D eigenvalue weighted by atomic mass is 9.99. The summed E-state index contributed by atoms with van der Waals surface area (Å²) in [6.45, 7) is 6.03. The molecule has 1 N–H and O–H groups in total. The second-order valence-electron chi connectivity index (χ2n) is 9.65. The third kappa shape index (κ3) is 5.39. The minimum atomic E-state index is -0.964. The number of nitrogens with zero attached hydrogens (tertiary/aromatic N) is 2. The second kappa shape index (κ2) is 9.85. The Labute approximate surface area is 199 Å². The molecule has 8 heteroatoms. The first-order valence-corrected chi connectivity index (χ1v) is 11.6. The van der Waals surface area contributed by atoms with E-state index >= 15 is 0 Å². The van der Waals surface area contributed by atoms with E-state index in [0.29, 0.717) is 24.9 Å². The zero-order valence-corrected chi connectivity index (χ0v) is 19.8. The van der Waals surface area contributed by atoms with Crippen LogP contribution in [-0.2, 0) is 25.8 Å². The van der Waals surface area contributed by atoms with Crippen LogP contribution in [-0.4, -0.2) is 52.1 Å². The fourth-order valence-corrected chi connectivity index (χ4v) is 4.31. The highest BCUT2D eigenvalue weighted by molar-refractivity contribution is 5.91. The van der Waals surface area contributed by atoms with Crippen LogP contribution in [0.2, 0.25) is 0 Å². The molecule has 0 saturated carbocycles. The first-order chi connectivity index (χ1) is 16.2. The van der Waals surface area contributed by atoms with Gasteiger partial charge in [0.25, 0.3) is 0 Å². The van der Waals surface area contributed by atoms with Crippen molar-refractivity contribution in [2.24, 2.45) is 0 Å². The number of hydrogen-bond acceptors (Lipinski definition) is 5. The number of carbonyl (C=O) groups excluding carboxylic acids is 3. The van der Waals surface area contributed by atoms with E-state index in [9.17, 15) is 14.4 Å². The van der Waals surface area contributed by atoms with Crippen LogP contribution in [0.25, 0.3) is 0 Å². The average Bonchev–Trinajstić information content (AvgIpc) is 3.05. The van der Waals surface area contributed by atoms with Crippen LogP contribution < -0.4 is 5.32 Å². The van der Waals surface area contributed by atoms with E-state index in [1.165, 1.54) is 9.96 Å². The lowest BCUT2D eigenvalue weighted by molar-refractivity contribution is -0.159. The predicted octanol–water partition coefficient (Wildman–Crippen LogP) is 3.59. The number of benzene rings is 2. The Hall–Kier alpha value is -3.39. The van der Waals surface area contributed by atoms with E-state index in [1.807, 2.05) is 36.4 Å². The molecular formula is C26H31N3O5. The van der Waals surface area contributed by atoms with Crippen LogP contribution in [0, 0.1) is 0 Å². The van der Waals surface area contributed by atoms with Crippen LogP contribution in [0.5, 0.6) is 0 Å². The van der Waals surface area contributed by atoms with Gasteiger partial charge in [-0.2, -0.15) is 5.06 Å². The van der Waals surface area contributed by atoms with Gasteiger partial charge < -0.3 is 15.0 Å². The van der Waals surface area contributed by atoms with Gasteiger partial charge in [0.05, 0.1) is 6.04 Å². The molecule has 2 heterocycles. The molecule has 2 aliphatic rings. The Morgan fingerprint density at radius 3 is 2.32 bits per heavy atom. The molecule has 0 aliphatic carbocycles. The van der Waals surface area contributed by atoms with Crippen molar-refractivity contribution in [3.05, 3.63) is 71.8 Å². The van der Waals surface area contributed by atoms with Gasteiger partial charge in [0.1, 0.15) is 18.2 Å². The maximum atomic E-state index is 13.3. The summed E-state index contributed by atoms with van der Waals surface area (Å²) in [6, 6.07) is 16.5. The van der Waals surface area contributed by atoms with Gasteiger partial charge in [-0.05, 0) is 44.7 Å². The van der Waals surface area contributed by atoms with E-state index in [0.717, 1.165) is 5.56 Å². The van der Waals surface area contributed by atoms with Crippen LogP contribution in [0.15, 0.2) is 60.7 Å². The molecule has 2 bridgehead atoms. The molecule has 0 radical (unpaired) electrons. The zero-order valence-electron chi connectivity index (χ0n) is 19.8. The summed E-state index contributed by atoms with van der Waals surface area (Å²) in [5.74, 6) is -0.919. The van der Waals surface area contributed by atoms with Crippen molar-refractivity contribution in [2.45, 2.75) is 63.9 Å². The minimum Gasteiger partial charge on any atom is -0.458 e. The number of urea groups is 1. The fourth-order valence-electron chi connectivity index (χ4n) is 4.31. The standard InChI is InChI=1S/C26H31N3O5/c1-26(2,3)34-24(31)22(19-12-8-5-9-13-19)27-23(30)21-15-14-20-16-28(21)25(32)29(20)33-17-18-10-6-4-7-11-18/h4-13,20-22H,14-17H2,1-3H3,(H,27,30)/t20-,21+,22-/m1/s1. The quantitative estimate of drug-likeness (QED) is 0.632. The van der Waals surface area contributed by atoms with Crippen LogP contribution in [0.3, 0.4) is 0 Å². The summed E-state index contributed by atoms with van der Waals surface area (Å²) in [6.07, 6.45) is 1.13. The highest BCUT2D eigenvalue weighted by atomic mass is 16.7. The van der Waals surface area contributed by atoms with Crippen molar-refractivity contribution >= 4 is 17.9 Å². The smallest absolute Gasteiger partial charge is 0.345 e. The first-order valence-electron chi connectivity index (χ1n) is 11.6. The van der Waals surface area contributed by atoms with Crippen molar-refractivity contribution in [1.82, 2.24) is 15.3 Å². The van der Waals surface area contributed by atoms with Crippen LogP contribution in [0.1, 0.15) is 50.8 Å².